The second-order valence-electron chi connectivity index (χ2n) is 3.74. The molecule has 5 nitrogen and oxygen atoms in total. The monoisotopic (exact) mass is 215 g/mol. The summed E-state index contributed by atoms with van der Waals surface area (Å²) in [6, 6.07) is 0. The van der Waals surface area contributed by atoms with E-state index in [2.05, 4.69) is 15.3 Å². The number of nitrogens with zero attached hydrogens (tertiary/aromatic N) is 2. The summed E-state index contributed by atoms with van der Waals surface area (Å²) in [6.07, 6.45) is 4.43. The SMILES string of the molecule is NC1=NC(Cl)(C2CCCC2)N=C(N)N1. The van der Waals surface area contributed by atoms with Crippen molar-refractivity contribution in [2.24, 2.45) is 27.4 Å². The van der Waals surface area contributed by atoms with Crippen molar-refractivity contribution in [1.29, 1.82) is 0 Å². The molecule has 0 spiro atoms. The van der Waals surface area contributed by atoms with Crippen LogP contribution in [0.5, 0.6) is 0 Å². The Morgan fingerprint density at radius 1 is 1.21 bits per heavy atom. The molecule has 0 aromatic heterocycles. The number of alkyl halides is 1. The van der Waals surface area contributed by atoms with Gasteiger partial charge in [-0.05, 0) is 12.8 Å². The lowest BCUT2D eigenvalue weighted by Crippen LogP contribution is -2.49. The standard InChI is InChI=1S/C8H14ClN5/c9-8(5-3-1-2-4-5)13-6(10)12-7(11)14-8/h5H,1-4H2,(H5,10,11,12,13,14). The predicted octanol–water partition coefficient (Wildman–Crippen LogP) is 0.302. The van der Waals surface area contributed by atoms with Crippen molar-refractivity contribution >= 4 is 23.5 Å². The Kier molecular flexibility index (Phi) is 2.26. The quantitative estimate of drug-likeness (QED) is 0.434. The van der Waals surface area contributed by atoms with Crippen molar-refractivity contribution in [2.75, 3.05) is 0 Å². The molecule has 5 N–H and O–H groups in total. The van der Waals surface area contributed by atoms with Gasteiger partial charge in [0.2, 0.25) is 5.12 Å². The van der Waals surface area contributed by atoms with E-state index in [1.165, 1.54) is 12.8 Å². The van der Waals surface area contributed by atoms with Gasteiger partial charge in [0.1, 0.15) is 0 Å². The third-order valence-corrected chi connectivity index (χ3v) is 3.16. The molecule has 0 atom stereocenters. The van der Waals surface area contributed by atoms with Crippen molar-refractivity contribution in [3.8, 4) is 0 Å². The van der Waals surface area contributed by atoms with Crippen LogP contribution in [-0.4, -0.2) is 17.0 Å². The highest BCUT2D eigenvalue weighted by atomic mass is 35.5. The van der Waals surface area contributed by atoms with E-state index < -0.39 is 5.12 Å². The maximum atomic E-state index is 6.30. The molecule has 0 radical (unpaired) electrons. The zero-order valence-corrected chi connectivity index (χ0v) is 8.59. The summed E-state index contributed by atoms with van der Waals surface area (Å²) in [5.74, 6) is 0.752. The summed E-state index contributed by atoms with van der Waals surface area (Å²) in [5, 5.41) is 1.67. The Balaban J connectivity index is 2.24. The number of guanidine groups is 2. The van der Waals surface area contributed by atoms with Gasteiger partial charge in [0, 0.05) is 5.92 Å². The number of aliphatic imine (C=N–C) groups is 2. The Morgan fingerprint density at radius 2 is 1.71 bits per heavy atom. The number of hydrogen-bond acceptors (Lipinski definition) is 5. The maximum absolute atomic E-state index is 6.30. The van der Waals surface area contributed by atoms with E-state index in [9.17, 15) is 0 Å². The molecule has 2 rings (SSSR count). The summed E-state index contributed by atoms with van der Waals surface area (Å²) in [4.78, 5) is 8.26. The Labute approximate surface area is 87.6 Å². The summed E-state index contributed by atoms with van der Waals surface area (Å²) in [6.45, 7) is 0. The Bertz CT molecular complexity index is 274. The Hall–Kier alpha value is -0.970. The zero-order valence-electron chi connectivity index (χ0n) is 7.83. The van der Waals surface area contributed by atoms with E-state index in [1.54, 1.807) is 0 Å². The number of halogens is 1. The lowest BCUT2D eigenvalue weighted by molar-refractivity contribution is 0.394. The molecule has 1 aliphatic heterocycles. The molecule has 1 saturated carbocycles. The van der Waals surface area contributed by atoms with Crippen LogP contribution in [0.3, 0.4) is 0 Å². The van der Waals surface area contributed by atoms with Gasteiger partial charge < -0.3 is 11.5 Å². The van der Waals surface area contributed by atoms with Gasteiger partial charge in [-0.15, -0.1) is 0 Å². The van der Waals surface area contributed by atoms with Crippen LogP contribution >= 0.6 is 11.6 Å². The van der Waals surface area contributed by atoms with Gasteiger partial charge in [0.25, 0.3) is 0 Å². The van der Waals surface area contributed by atoms with E-state index in [0.29, 0.717) is 0 Å². The fraction of sp³-hybridized carbons (Fsp3) is 0.750. The highest BCUT2D eigenvalue weighted by molar-refractivity contribution is 6.25. The number of nitrogens with two attached hydrogens (primary N) is 2. The minimum absolute atomic E-state index is 0.249. The Morgan fingerprint density at radius 3 is 2.21 bits per heavy atom. The van der Waals surface area contributed by atoms with E-state index in [4.69, 9.17) is 23.1 Å². The van der Waals surface area contributed by atoms with E-state index in [-0.39, 0.29) is 17.8 Å². The molecule has 1 fully saturated rings. The highest BCUT2D eigenvalue weighted by Gasteiger charge is 2.40. The van der Waals surface area contributed by atoms with Gasteiger partial charge in [-0.3, -0.25) is 5.32 Å². The lowest BCUT2D eigenvalue weighted by Gasteiger charge is -2.28. The largest absolute Gasteiger partial charge is 0.370 e. The molecule has 0 aromatic rings. The van der Waals surface area contributed by atoms with Gasteiger partial charge in [-0.1, -0.05) is 24.4 Å². The smallest absolute Gasteiger partial charge is 0.235 e. The van der Waals surface area contributed by atoms with Crippen LogP contribution in [0.4, 0.5) is 0 Å². The van der Waals surface area contributed by atoms with Gasteiger partial charge in [0.15, 0.2) is 11.9 Å². The number of rotatable bonds is 1. The van der Waals surface area contributed by atoms with Crippen molar-refractivity contribution in [3.63, 3.8) is 0 Å². The summed E-state index contributed by atoms with van der Waals surface area (Å²) < 4.78 is 0. The van der Waals surface area contributed by atoms with Gasteiger partial charge in [-0.25, -0.2) is 9.98 Å². The molecule has 1 aliphatic carbocycles. The summed E-state index contributed by atoms with van der Waals surface area (Å²) >= 11 is 6.30. The van der Waals surface area contributed by atoms with Crippen LogP contribution in [0.25, 0.3) is 0 Å². The van der Waals surface area contributed by atoms with Crippen molar-refractivity contribution in [3.05, 3.63) is 0 Å². The van der Waals surface area contributed by atoms with Gasteiger partial charge >= 0.3 is 0 Å². The second kappa shape index (κ2) is 3.31. The predicted molar refractivity (Wildman–Crippen MR) is 56.9 cm³/mol. The first-order chi connectivity index (χ1) is 6.60. The highest BCUT2D eigenvalue weighted by Crippen LogP contribution is 2.40. The molecule has 14 heavy (non-hydrogen) atoms. The van der Waals surface area contributed by atoms with Gasteiger partial charge in [0.05, 0.1) is 0 Å². The number of nitrogens with one attached hydrogen (secondary N) is 1. The molecule has 1 heterocycles. The number of hydrogen-bond donors (Lipinski definition) is 3. The normalized spacial score (nSPS) is 26.6. The molecule has 0 bridgehead atoms. The van der Waals surface area contributed by atoms with Crippen molar-refractivity contribution < 1.29 is 0 Å². The molecule has 0 amide bonds. The van der Waals surface area contributed by atoms with E-state index in [0.717, 1.165) is 12.8 Å². The van der Waals surface area contributed by atoms with Crippen molar-refractivity contribution in [1.82, 2.24) is 5.32 Å². The first kappa shape index (κ1) is 9.58. The van der Waals surface area contributed by atoms with Crippen LogP contribution in [0.2, 0.25) is 0 Å². The first-order valence-electron chi connectivity index (χ1n) is 4.77. The molecule has 78 valence electrons. The van der Waals surface area contributed by atoms with Crippen LogP contribution in [0, 0.1) is 5.92 Å². The molecule has 2 aliphatic rings. The molecule has 0 unspecified atom stereocenters. The fourth-order valence-corrected chi connectivity index (χ4v) is 2.43. The third kappa shape index (κ3) is 1.64. The second-order valence-corrected chi connectivity index (χ2v) is 4.29. The fourth-order valence-electron chi connectivity index (χ4n) is 2.03. The summed E-state index contributed by atoms with van der Waals surface area (Å²) in [5.41, 5.74) is 11.1. The van der Waals surface area contributed by atoms with Crippen LogP contribution in [-0.2, 0) is 0 Å². The van der Waals surface area contributed by atoms with Gasteiger partial charge in [-0.2, -0.15) is 0 Å². The minimum Gasteiger partial charge on any atom is -0.370 e. The lowest BCUT2D eigenvalue weighted by atomic mass is 10.0. The molecular formula is C8H14ClN5. The molecule has 0 aromatic carbocycles. The maximum Gasteiger partial charge on any atom is 0.235 e. The first-order valence-corrected chi connectivity index (χ1v) is 5.14. The molecule has 0 saturated heterocycles. The molecular weight excluding hydrogens is 202 g/mol. The average Bonchev–Trinajstić information content (AvgIpc) is 2.52. The van der Waals surface area contributed by atoms with Crippen molar-refractivity contribution in [2.45, 2.75) is 30.8 Å². The third-order valence-electron chi connectivity index (χ3n) is 2.69. The van der Waals surface area contributed by atoms with Crippen LogP contribution in [0.1, 0.15) is 25.7 Å². The zero-order chi connectivity index (χ0) is 10.2. The molecule has 6 heteroatoms. The average molecular weight is 216 g/mol. The minimum atomic E-state index is -0.962. The van der Waals surface area contributed by atoms with E-state index >= 15 is 0 Å². The topological polar surface area (TPSA) is 88.8 Å². The van der Waals surface area contributed by atoms with E-state index in [1.807, 2.05) is 0 Å². The summed E-state index contributed by atoms with van der Waals surface area (Å²) in [7, 11) is 0. The van der Waals surface area contributed by atoms with Crippen LogP contribution < -0.4 is 16.8 Å². The van der Waals surface area contributed by atoms with Crippen LogP contribution in [0.15, 0.2) is 9.98 Å².